The van der Waals surface area contributed by atoms with Gasteiger partial charge in [-0.15, -0.1) is 11.6 Å². The van der Waals surface area contributed by atoms with Gasteiger partial charge < -0.3 is 4.74 Å². The molecule has 4 nitrogen and oxygen atoms in total. The van der Waals surface area contributed by atoms with Gasteiger partial charge in [0.05, 0.1) is 17.6 Å². The Hall–Kier alpha value is -1.29. The van der Waals surface area contributed by atoms with E-state index in [2.05, 4.69) is 0 Å². The highest BCUT2D eigenvalue weighted by molar-refractivity contribution is 6.18. The SMILES string of the molecule is Cc1ccc([N+](=O)[O-])cc1OCC(C)CCl. The van der Waals surface area contributed by atoms with E-state index in [1.807, 2.05) is 13.8 Å². The van der Waals surface area contributed by atoms with Crippen LogP contribution in [0.15, 0.2) is 18.2 Å². The molecule has 1 aromatic rings. The average molecular weight is 244 g/mol. The molecule has 0 amide bonds. The Bertz CT molecular complexity index is 381. The van der Waals surface area contributed by atoms with Gasteiger partial charge in [0, 0.05) is 17.9 Å². The third-order valence-electron chi connectivity index (χ3n) is 2.17. The summed E-state index contributed by atoms with van der Waals surface area (Å²) in [6, 6.07) is 4.59. The maximum absolute atomic E-state index is 10.6. The van der Waals surface area contributed by atoms with Gasteiger partial charge in [0.25, 0.3) is 5.69 Å². The summed E-state index contributed by atoms with van der Waals surface area (Å²) >= 11 is 5.65. The zero-order valence-corrected chi connectivity index (χ0v) is 10.0. The van der Waals surface area contributed by atoms with Crippen molar-refractivity contribution in [2.45, 2.75) is 13.8 Å². The topological polar surface area (TPSA) is 52.4 Å². The first-order chi connectivity index (χ1) is 7.54. The number of nitro benzene ring substituents is 1. The molecule has 0 fully saturated rings. The van der Waals surface area contributed by atoms with E-state index in [-0.39, 0.29) is 11.6 Å². The predicted octanol–water partition coefficient (Wildman–Crippen LogP) is 3.16. The maximum atomic E-state index is 10.6. The minimum atomic E-state index is -0.433. The number of alkyl halides is 1. The second-order valence-electron chi connectivity index (χ2n) is 3.78. The molecular weight excluding hydrogens is 230 g/mol. The van der Waals surface area contributed by atoms with E-state index in [1.54, 1.807) is 6.07 Å². The van der Waals surface area contributed by atoms with Gasteiger partial charge in [-0.3, -0.25) is 10.1 Å². The van der Waals surface area contributed by atoms with Gasteiger partial charge in [-0.25, -0.2) is 0 Å². The molecule has 0 saturated carbocycles. The fourth-order valence-electron chi connectivity index (χ4n) is 1.13. The molecule has 0 aromatic heterocycles. The highest BCUT2D eigenvalue weighted by Gasteiger charge is 2.10. The van der Waals surface area contributed by atoms with Crippen LogP contribution in [0.4, 0.5) is 5.69 Å². The molecule has 16 heavy (non-hydrogen) atoms. The van der Waals surface area contributed by atoms with Gasteiger partial charge in [0.15, 0.2) is 0 Å². The number of benzene rings is 1. The summed E-state index contributed by atoms with van der Waals surface area (Å²) in [6.07, 6.45) is 0. The Morgan fingerprint density at radius 1 is 1.56 bits per heavy atom. The molecule has 1 aromatic carbocycles. The smallest absolute Gasteiger partial charge is 0.273 e. The van der Waals surface area contributed by atoms with Crippen LogP contribution >= 0.6 is 11.6 Å². The summed E-state index contributed by atoms with van der Waals surface area (Å²) < 4.78 is 5.49. The van der Waals surface area contributed by atoms with Gasteiger partial charge in [0.2, 0.25) is 0 Å². The lowest BCUT2D eigenvalue weighted by molar-refractivity contribution is -0.385. The highest BCUT2D eigenvalue weighted by Crippen LogP contribution is 2.24. The van der Waals surface area contributed by atoms with Crippen molar-refractivity contribution in [3.63, 3.8) is 0 Å². The Morgan fingerprint density at radius 3 is 2.81 bits per heavy atom. The van der Waals surface area contributed by atoms with E-state index < -0.39 is 4.92 Å². The first-order valence-corrected chi connectivity index (χ1v) is 5.52. The van der Waals surface area contributed by atoms with Crippen LogP contribution in [0.2, 0.25) is 0 Å². The molecule has 1 rings (SSSR count). The molecule has 0 aliphatic carbocycles. The average Bonchev–Trinajstić information content (AvgIpc) is 2.27. The lowest BCUT2D eigenvalue weighted by atomic mass is 10.2. The van der Waals surface area contributed by atoms with Gasteiger partial charge >= 0.3 is 0 Å². The third kappa shape index (κ3) is 3.38. The molecule has 88 valence electrons. The summed E-state index contributed by atoms with van der Waals surface area (Å²) in [5.74, 6) is 1.28. The number of nitrogens with zero attached hydrogens (tertiary/aromatic N) is 1. The molecular formula is C11H14ClNO3. The number of nitro groups is 1. The predicted molar refractivity (Wildman–Crippen MR) is 63.2 cm³/mol. The third-order valence-corrected chi connectivity index (χ3v) is 2.70. The second-order valence-corrected chi connectivity index (χ2v) is 4.09. The van der Waals surface area contributed by atoms with Crippen molar-refractivity contribution in [1.82, 2.24) is 0 Å². The number of aryl methyl sites for hydroxylation is 1. The van der Waals surface area contributed by atoms with Crippen molar-refractivity contribution in [3.8, 4) is 5.75 Å². The number of halogens is 1. The molecule has 0 saturated heterocycles. The largest absolute Gasteiger partial charge is 0.493 e. The van der Waals surface area contributed by atoms with Crippen molar-refractivity contribution in [2.75, 3.05) is 12.5 Å². The minimum Gasteiger partial charge on any atom is -0.493 e. The standard InChI is InChI=1S/C11H14ClNO3/c1-8(6-12)7-16-11-5-10(13(14)15)4-3-9(11)2/h3-5,8H,6-7H2,1-2H3. The Kier molecular flexibility index (Phi) is 4.55. The Labute approximate surface area is 99.3 Å². The van der Waals surface area contributed by atoms with Crippen LogP contribution in [0.1, 0.15) is 12.5 Å². The van der Waals surface area contributed by atoms with E-state index in [9.17, 15) is 10.1 Å². The molecule has 0 aliphatic rings. The zero-order chi connectivity index (χ0) is 12.1. The van der Waals surface area contributed by atoms with E-state index >= 15 is 0 Å². The number of rotatable bonds is 5. The van der Waals surface area contributed by atoms with E-state index in [4.69, 9.17) is 16.3 Å². The second kappa shape index (κ2) is 5.70. The summed E-state index contributed by atoms with van der Waals surface area (Å²) in [5, 5.41) is 10.6. The van der Waals surface area contributed by atoms with Gasteiger partial charge in [0.1, 0.15) is 5.75 Å². The summed E-state index contributed by atoms with van der Waals surface area (Å²) in [5.41, 5.74) is 0.923. The first-order valence-electron chi connectivity index (χ1n) is 4.98. The summed E-state index contributed by atoms with van der Waals surface area (Å²) in [4.78, 5) is 10.2. The number of hydrogen-bond donors (Lipinski definition) is 0. The maximum Gasteiger partial charge on any atom is 0.273 e. The van der Waals surface area contributed by atoms with Gasteiger partial charge in [-0.05, 0) is 18.6 Å². The molecule has 0 heterocycles. The lowest BCUT2D eigenvalue weighted by Crippen LogP contribution is -2.10. The van der Waals surface area contributed by atoms with Crippen molar-refractivity contribution < 1.29 is 9.66 Å². The lowest BCUT2D eigenvalue weighted by Gasteiger charge is -2.11. The van der Waals surface area contributed by atoms with Crippen LogP contribution in [0.5, 0.6) is 5.75 Å². The van der Waals surface area contributed by atoms with Crippen molar-refractivity contribution in [2.24, 2.45) is 5.92 Å². The van der Waals surface area contributed by atoms with Crippen molar-refractivity contribution >= 4 is 17.3 Å². The molecule has 0 radical (unpaired) electrons. The van der Waals surface area contributed by atoms with Gasteiger partial charge in [-0.2, -0.15) is 0 Å². The number of hydrogen-bond acceptors (Lipinski definition) is 3. The zero-order valence-electron chi connectivity index (χ0n) is 9.27. The van der Waals surface area contributed by atoms with E-state index in [0.29, 0.717) is 18.2 Å². The van der Waals surface area contributed by atoms with Crippen molar-refractivity contribution in [3.05, 3.63) is 33.9 Å². The molecule has 0 aliphatic heterocycles. The van der Waals surface area contributed by atoms with Crippen LogP contribution in [0.25, 0.3) is 0 Å². The van der Waals surface area contributed by atoms with E-state index in [0.717, 1.165) is 5.56 Å². The normalized spacial score (nSPS) is 12.2. The number of non-ortho nitro benzene ring substituents is 1. The quantitative estimate of drug-likeness (QED) is 0.453. The monoisotopic (exact) mass is 243 g/mol. The minimum absolute atomic E-state index is 0.0409. The van der Waals surface area contributed by atoms with E-state index in [1.165, 1.54) is 12.1 Å². The molecule has 0 N–H and O–H groups in total. The fourth-order valence-corrected chi connectivity index (χ4v) is 1.22. The summed E-state index contributed by atoms with van der Waals surface area (Å²) in [7, 11) is 0. The van der Waals surface area contributed by atoms with Gasteiger partial charge in [-0.1, -0.05) is 6.92 Å². The molecule has 1 atom stereocenters. The van der Waals surface area contributed by atoms with Crippen LogP contribution in [0.3, 0.4) is 0 Å². The van der Waals surface area contributed by atoms with Crippen LogP contribution in [0, 0.1) is 23.0 Å². The highest BCUT2D eigenvalue weighted by atomic mass is 35.5. The molecule has 1 unspecified atom stereocenters. The molecule has 5 heteroatoms. The Morgan fingerprint density at radius 2 is 2.25 bits per heavy atom. The molecule has 0 bridgehead atoms. The van der Waals surface area contributed by atoms with Crippen LogP contribution in [-0.2, 0) is 0 Å². The Balaban J connectivity index is 2.78. The first kappa shape index (κ1) is 12.8. The van der Waals surface area contributed by atoms with Crippen LogP contribution in [-0.4, -0.2) is 17.4 Å². The van der Waals surface area contributed by atoms with Crippen LogP contribution < -0.4 is 4.74 Å². The summed E-state index contributed by atoms with van der Waals surface area (Å²) in [6.45, 7) is 4.27. The van der Waals surface area contributed by atoms with Crippen molar-refractivity contribution in [1.29, 1.82) is 0 Å². The molecule has 0 spiro atoms. The number of ether oxygens (including phenoxy) is 1. The fraction of sp³-hybridized carbons (Fsp3) is 0.455.